The Bertz CT molecular complexity index is 1270. The van der Waals surface area contributed by atoms with Crippen LogP contribution in [0.3, 0.4) is 0 Å². The van der Waals surface area contributed by atoms with Crippen molar-refractivity contribution in [2.24, 2.45) is 0 Å². The van der Waals surface area contributed by atoms with E-state index in [1.807, 2.05) is 73.3 Å². The second kappa shape index (κ2) is 13.0. The molecule has 0 aromatic heterocycles. The number of urea groups is 1. The number of benzene rings is 3. The Morgan fingerprint density at radius 2 is 1.38 bits per heavy atom. The van der Waals surface area contributed by atoms with Crippen molar-refractivity contribution in [1.82, 2.24) is 4.90 Å². The molecule has 3 aromatic rings. The van der Waals surface area contributed by atoms with E-state index in [9.17, 15) is 9.59 Å². The Morgan fingerprint density at radius 3 is 2.00 bits per heavy atom. The number of carbonyl (C=O) groups is 2. The maximum absolute atomic E-state index is 13.6. The van der Waals surface area contributed by atoms with Gasteiger partial charge in [-0.05, 0) is 68.3 Å². The highest BCUT2D eigenvalue weighted by Gasteiger charge is 2.25. The van der Waals surface area contributed by atoms with Crippen molar-refractivity contribution in [2.75, 3.05) is 66.8 Å². The summed E-state index contributed by atoms with van der Waals surface area (Å²) in [6.45, 7) is 10.4. The Balaban J connectivity index is 1.52. The maximum atomic E-state index is 13.6. The molecule has 1 aliphatic heterocycles. The van der Waals surface area contributed by atoms with Crippen molar-refractivity contribution in [2.45, 2.75) is 27.2 Å². The molecule has 39 heavy (non-hydrogen) atoms. The van der Waals surface area contributed by atoms with Gasteiger partial charge in [-0.15, -0.1) is 0 Å². The summed E-state index contributed by atoms with van der Waals surface area (Å²) in [6.07, 6.45) is 0.942. The highest BCUT2D eigenvalue weighted by atomic mass is 16.5. The molecule has 206 valence electrons. The van der Waals surface area contributed by atoms with Gasteiger partial charge in [0.05, 0.1) is 18.4 Å². The normalized spacial score (nSPS) is 13.1. The van der Waals surface area contributed by atoms with Gasteiger partial charge in [0.1, 0.15) is 5.75 Å². The molecule has 0 spiro atoms. The number of methoxy groups -OCH3 is 1. The Hall–Kier alpha value is -4.20. The van der Waals surface area contributed by atoms with Crippen molar-refractivity contribution in [1.29, 1.82) is 0 Å². The summed E-state index contributed by atoms with van der Waals surface area (Å²) in [5.74, 6) is 0.819. The van der Waals surface area contributed by atoms with Gasteiger partial charge in [-0.3, -0.25) is 4.79 Å². The zero-order valence-corrected chi connectivity index (χ0v) is 23.4. The van der Waals surface area contributed by atoms with Crippen LogP contribution in [0, 0.1) is 0 Å². The van der Waals surface area contributed by atoms with Crippen LogP contribution in [0.2, 0.25) is 0 Å². The fourth-order valence-corrected chi connectivity index (χ4v) is 4.94. The van der Waals surface area contributed by atoms with Gasteiger partial charge in [-0.2, -0.15) is 0 Å². The van der Waals surface area contributed by atoms with Crippen LogP contribution < -0.4 is 25.2 Å². The van der Waals surface area contributed by atoms with Gasteiger partial charge < -0.3 is 30.1 Å². The van der Waals surface area contributed by atoms with E-state index in [-0.39, 0.29) is 11.9 Å². The van der Waals surface area contributed by atoms with Gasteiger partial charge in [0.15, 0.2) is 0 Å². The largest absolute Gasteiger partial charge is 0.495 e. The van der Waals surface area contributed by atoms with E-state index in [4.69, 9.17) is 4.74 Å². The molecule has 0 bridgehead atoms. The van der Waals surface area contributed by atoms with Gasteiger partial charge >= 0.3 is 6.03 Å². The lowest BCUT2D eigenvalue weighted by atomic mass is 10.1. The van der Waals surface area contributed by atoms with Crippen molar-refractivity contribution < 1.29 is 14.3 Å². The van der Waals surface area contributed by atoms with E-state index in [0.717, 1.165) is 49.7 Å². The van der Waals surface area contributed by atoms with Gasteiger partial charge in [0.2, 0.25) is 0 Å². The standard InChI is InChI=1S/C31H39N5O3/c1-5-23-12-14-24(15-13-23)32-31(38)33-25-16-17-27(26(22-25)30(37)34(6-2)7-3)35-18-20-36(21-19-35)28-10-8-9-11-29(28)39-4/h8-17,22H,5-7,18-21H2,1-4H3,(H2,32,33,38). The topological polar surface area (TPSA) is 77.1 Å². The van der Waals surface area contributed by atoms with Crippen LogP contribution in [0.1, 0.15) is 36.7 Å². The molecule has 0 radical (unpaired) electrons. The lowest BCUT2D eigenvalue weighted by Crippen LogP contribution is -2.47. The molecule has 1 heterocycles. The van der Waals surface area contributed by atoms with Crippen LogP contribution in [0.4, 0.5) is 27.5 Å². The molecular formula is C31H39N5O3. The first kappa shape index (κ1) is 27.8. The number of nitrogens with zero attached hydrogens (tertiary/aromatic N) is 3. The van der Waals surface area contributed by atoms with Crippen molar-refractivity contribution in [3.8, 4) is 5.75 Å². The van der Waals surface area contributed by atoms with E-state index in [1.54, 1.807) is 13.2 Å². The second-order valence-electron chi connectivity index (χ2n) is 9.48. The highest BCUT2D eigenvalue weighted by Crippen LogP contribution is 2.31. The zero-order valence-electron chi connectivity index (χ0n) is 23.4. The number of para-hydroxylation sites is 2. The van der Waals surface area contributed by atoms with Crippen molar-refractivity contribution >= 4 is 34.7 Å². The fourth-order valence-electron chi connectivity index (χ4n) is 4.94. The number of carbonyl (C=O) groups excluding carboxylic acids is 2. The monoisotopic (exact) mass is 529 g/mol. The third-order valence-electron chi connectivity index (χ3n) is 7.20. The highest BCUT2D eigenvalue weighted by molar-refractivity contribution is 6.04. The number of ether oxygens (including phenoxy) is 1. The number of rotatable bonds is 9. The molecule has 3 aromatic carbocycles. The van der Waals surface area contributed by atoms with E-state index in [0.29, 0.717) is 30.0 Å². The summed E-state index contributed by atoms with van der Waals surface area (Å²) >= 11 is 0. The van der Waals surface area contributed by atoms with Gasteiger partial charge in [-0.1, -0.05) is 31.2 Å². The van der Waals surface area contributed by atoms with Crippen LogP contribution in [0.5, 0.6) is 5.75 Å². The van der Waals surface area contributed by atoms with E-state index < -0.39 is 0 Å². The summed E-state index contributed by atoms with van der Waals surface area (Å²) in [6, 6.07) is 21.1. The smallest absolute Gasteiger partial charge is 0.323 e. The molecule has 1 fully saturated rings. The number of aryl methyl sites for hydroxylation is 1. The molecule has 1 aliphatic rings. The molecule has 0 aliphatic carbocycles. The van der Waals surface area contributed by atoms with Crippen LogP contribution >= 0.6 is 0 Å². The number of amides is 3. The van der Waals surface area contributed by atoms with Crippen molar-refractivity contribution in [3.63, 3.8) is 0 Å². The molecule has 0 saturated carbocycles. The maximum Gasteiger partial charge on any atom is 0.323 e. The Labute approximate surface area is 231 Å². The zero-order chi connectivity index (χ0) is 27.8. The molecule has 8 heteroatoms. The summed E-state index contributed by atoms with van der Waals surface area (Å²) in [4.78, 5) is 32.7. The minimum absolute atomic E-state index is 0.0404. The van der Waals surface area contributed by atoms with Gasteiger partial charge in [0, 0.05) is 56.3 Å². The predicted molar refractivity (Wildman–Crippen MR) is 160 cm³/mol. The van der Waals surface area contributed by atoms with E-state index in [2.05, 4.69) is 33.4 Å². The number of hydrogen-bond donors (Lipinski definition) is 2. The quantitative estimate of drug-likeness (QED) is 0.371. The third-order valence-corrected chi connectivity index (χ3v) is 7.20. The van der Waals surface area contributed by atoms with Crippen LogP contribution in [0.25, 0.3) is 0 Å². The molecule has 4 rings (SSSR count). The van der Waals surface area contributed by atoms with Gasteiger partial charge in [-0.25, -0.2) is 4.79 Å². The van der Waals surface area contributed by atoms with Crippen LogP contribution in [-0.2, 0) is 6.42 Å². The summed E-state index contributed by atoms with van der Waals surface area (Å²) < 4.78 is 5.56. The molecule has 0 unspecified atom stereocenters. The first-order valence-corrected chi connectivity index (χ1v) is 13.7. The summed E-state index contributed by atoms with van der Waals surface area (Å²) in [5.41, 5.74) is 5.05. The lowest BCUT2D eigenvalue weighted by molar-refractivity contribution is 0.0773. The number of anilines is 4. The van der Waals surface area contributed by atoms with E-state index in [1.165, 1.54) is 5.56 Å². The van der Waals surface area contributed by atoms with Crippen molar-refractivity contribution in [3.05, 3.63) is 77.9 Å². The molecule has 0 atom stereocenters. The Kier molecular flexibility index (Phi) is 9.31. The SMILES string of the molecule is CCc1ccc(NC(=O)Nc2ccc(N3CCN(c4ccccc4OC)CC3)c(C(=O)N(CC)CC)c2)cc1. The molecule has 2 N–H and O–H groups in total. The second-order valence-corrected chi connectivity index (χ2v) is 9.48. The first-order valence-electron chi connectivity index (χ1n) is 13.7. The first-order chi connectivity index (χ1) is 19.0. The average molecular weight is 530 g/mol. The van der Waals surface area contributed by atoms with Crippen LogP contribution in [0.15, 0.2) is 66.7 Å². The minimum atomic E-state index is -0.348. The number of nitrogens with one attached hydrogen (secondary N) is 2. The number of piperazine rings is 1. The molecule has 8 nitrogen and oxygen atoms in total. The summed E-state index contributed by atoms with van der Waals surface area (Å²) in [7, 11) is 1.69. The van der Waals surface area contributed by atoms with Crippen LogP contribution in [-0.4, -0.2) is 63.2 Å². The van der Waals surface area contributed by atoms with Gasteiger partial charge in [0.25, 0.3) is 5.91 Å². The average Bonchev–Trinajstić information content (AvgIpc) is 2.98. The molecular weight excluding hydrogens is 490 g/mol. The lowest BCUT2D eigenvalue weighted by Gasteiger charge is -2.38. The number of hydrogen-bond acceptors (Lipinski definition) is 5. The fraction of sp³-hybridized carbons (Fsp3) is 0.355. The summed E-state index contributed by atoms with van der Waals surface area (Å²) in [5, 5.41) is 5.77. The molecule has 1 saturated heterocycles. The third kappa shape index (κ3) is 6.63. The molecule has 3 amide bonds. The van der Waals surface area contributed by atoms with E-state index >= 15 is 0 Å². The minimum Gasteiger partial charge on any atom is -0.495 e. The predicted octanol–water partition coefficient (Wildman–Crippen LogP) is 5.71. The Morgan fingerprint density at radius 1 is 0.795 bits per heavy atom.